The van der Waals surface area contributed by atoms with Crippen LogP contribution in [0, 0.1) is 0 Å². The van der Waals surface area contributed by atoms with Crippen molar-refractivity contribution in [2.45, 2.75) is 45.1 Å². The Bertz CT molecular complexity index is 696. The first-order chi connectivity index (χ1) is 11.5. The van der Waals surface area contributed by atoms with Crippen molar-refractivity contribution in [3.05, 3.63) is 35.6 Å². The molecule has 2 aromatic rings. The second kappa shape index (κ2) is 8.01. The van der Waals surface area contributed by atoms with E-state index in [2.05, 4.69) is 15.3 Å². The van der Waals surface area contributed by atoms with Gasteiger partial charge in [0.05, 0.1) is 18.5 Å². The van der Waals surface area contributed by atoms with Crippen LogP contribution in [0.3, 0.4) is 0 Å². The molecule has 0 spiro atoms. The Labute approximate surface area is 145 Å². The predicted octanol–water partition coefficient (Wildman–Crippen LogP) is 2.90. The average Bonchev–Trinajstić information content (AvgIpc) is 3.02. The van der Waals surface area contributed by atoms with Crippen molar-refractivity contribution in [1.29, 1.82) is 0 Å². The Morgan fingerprint density at radius 1 is 1.33 bits per heavy atom. The maximum atomic E-state index is 12.3. The zero-order valence-corrected chi connectivity index (χ0v) is 14.6. The summed E-state index contributed by atoms with van der Waals surface area (Å²) in [6.07, 6.45) is 4.62. The van der Waals surface area contributed by atoms with Gasteiger partial charge in [0.1, 0.15) is 5.01 Å². The van der Waals surface area contributed by atoms with Gasteiger partial charge in [-0.2, -0.15) is 0 Å². The molecule has 0 aromatic carbocycles. The predicted molar refractivity (Wildman–Crippen MR) is 92.8 cm³/mol. The molecule has 2 N–H and O–H groups in total. The molecule has 24 heavy (non-hydrogen) atoms. The molecule has 0 saturated carbocycles. The van der Waals surface area contributed by atoms with Crippen LogP contribution in [-0.2, 0) is 16.0 Å². The molecule has 0 unspecified atom stereocenters. The minimum absolute atomic E-state index is 0.0796. The van der Waals surface area contributed by atoms with Gasteiger partial charge in [-0.25, -0.2) is 4.98 Å². The first kappa shape index (κ1) is 18.1. The van der Waals surface area contributed by atoms with E-state index in [0.29, 0.717) is 18.5 Å². The number of hydrogen-bond donors (Lipinski definition) is 2. The van der Waals surface area contributed by atoms with Gasteiger partial charge < -0.3 is 10.4 Å². The SMILES string of the molecule is CCC(CC)(CC(=O)O)NC(=O)Cc1csc(-c2cccnc2)n1. The van der Waals surface area contributed by atoms with Gasteiger partial charge in [-0.15, -0.1) is 11.3 Å². The van der Waals surface area contributed by atoms with E-state index in [4.69, 9.17) is 5.11 Å². The number of nitrogens with zero attached hydrogens (tertiary/aromatic N) is 2. The number of carbonyl (C=O) groups excluding carboxylic acids is 1. The Hall–Kier alpha value is -2.28. The van der Waals surface area contributed by atoms with E-state index < -0.39 is 11.5 Å². The Kier molecular flexibility index (Phi) is 6.03. The molecule has 0 radical (unpaired) electrons. The Morgan fingerprint density at radius 2 is 2.08 bits per heavy atom. The number of carbonyl (C=O) groups is 2. The summed E-state index contributed by atoms with van der Waals surface area (Å²) >= 11 is 1.46. The number of carboxylic acid groups (broad SMARTS) is 1. The summed E-state index contributed by atoms with van der Waals surface area (Å²) in [5.74, 6) is -1.12. The number of aromatic nitrogens is 2. The third kappa shape index (κ3) is 4.61. The van der Waals surface area contributed by atoms with Crippen molar-refractivity contribution < 1.29 is 14.7 Å². The quantitative estimate of drug-likeness (QED) is 0.766. The van der Waals surface area contributed by atoms with E-state index in [0.717, 1.165) is 10.6 Å². The highest BCUT2D eigenvalue weighted by molar-refractivity contribution is 7.13. The Morgan fingerprint density at radius 3 is 2.67 bits per heavy atom. The van der Waals surface area contributed by atoms with Gasteiger partial charge in [-0.05, 0) is 25.0 Å². The number of nitrogens with one attached hydrogen (secondary N) is 1. The lowest BCUT2D eigenvalue weighted by molar-refractivity contribution is -0.139. The number of thiazole rings is 1. The Balaban J connectivity index is 2.04. The van der Waals surface area contributed by atoms with Crippen molar-refractivity contribution in [3.8, 4) is 10.6 Å². The van der Waals surface area contributed by atoms with Gasteiger partial charge in [0.2, 0.25) is 5.91 Å². The van der Waals surface area contributed by atoms with Crippen molar-refractivity contribution in [2.24, 2.45) is 0 Å². The molecule has 0 saturated heterocycles. The van der Waals surface area contributed by atoms with Crippen LogP contribution in [0.2, 0.25) is 0 Å². The van der Waals surface area contributed by atoms with E-state index >= 15 is 0 Å². The molecule has 2 aromatic heterocycles. The van der Waals surface area contributed by atoms with Gasteiger partial charge in [0.25, 0.3) is 0 Å². The summed E-state index contributed by atoms with van der Waals surface area (Å²) in [5, 5.41) is 14.6. The van der Waals surface area contributed by atoms with Crippen LogP contribution in [0.25, 0.3) is 10.6 Å². The molecule has 6 nitrogen and oxygen atoms in total. The highest BCUT2D eigenvalue weighted by Crippen LogP contribution is 2.24. The van der Waals surface area contributed by atoms with Crippen molar-refractivity contribution in [1.82, 2.24) is 15.3 Å². The smallest absolute Gasteiger partial charge is 0.305 e. The first-order valence-electron chi connectivity index (χ1n) is 7.85. The van der Waals surface area contributed by atoms with Crippen LogP contribution in [0.4, 0.5) is 0 Å². The molecule has 0 bridgehead atoms. The molecule has 0 aliphatic heterocycles. The largest absolute Gasteiger partial charge is 0.481 e. The van der Waals surface area contributed by atoms with Crippen LogP contribution in [0.1, 0.15) is 38.8 Å². The van der Waals surface area contributed by atoms with Gasteiger partial charge in [-0.3, -0.25) is 14.6 Å². The third-order valence-electron chi connectivity index (χ3n) is 4.05. The van der Waals surface area contributed by atoms with Crippen molar-refractivity contribution in [3.63, 3.8) is 0 Å². The summed E-state index contributed by atoms with van der Waals surface area (Å²) in [6.45, 7) is 3.77. The summed E-state index contributed by atoms with van der Waals surface area (Å²) < 4.78 is 0. The highest BCUT2D eigenvalue weighted by atomic mass is 32.1. The van der Waals surface area contributed by atoms with Crippen LogP contribution < -0.4 is 5.32 Å². The van der Waals surface area contributed by atoms with Gasteiger partial charge in [-0.1, -0.05) is 13.8 Å². The van der Waals surface area contributed by atoms with E-state index in [1.807, 2.05) is 31.4 Å². The number of carboxylic acids is 1. The van der Waals surface area contributed by atoms with E-state index in [1.54, 1.807) is 12.4 Å². The molecule has 128 valence electrons. The maximum absolute atomic E-state index is 12.3. The average molecular weight is 347 g/mol. The van der Waals surface area contributed by atoms with Crippen molar-refractivity contribution >= 4 is 23.2 Å². The number of rotatable bonds is 8. The van der Waals surface area contributed by atoms with Gasteiger partial charge in [0.15, 0.2) is 0 Å². The maximum Gasteiger partial charge on any atom is 0.305 e. The monoisotopic (exact) mass is 347 g/mol. The topological polar surface area (TPSA) is 92.2 Å². The minimum atomic E-state index is -0.911. The molecule has 1 amide bonds. The fourth-order valence-electron chi connectivity index (χ4n) is 2.52. The number of hydrogen-bond acceptors (Lipinski definition) is 5. The minimum Gasteiger partial charge on any atom is -0.481 e. The zero-order valence-electron chi connectivity index (χ0n) is 13.8. The fourth-order valence-corrected chi connectivity index (χ4v) is 3.34. The summed E-state index contributed by atoms with van der Waals surface area (Å²) in [6, 6.07) is 3.76. The van der Waals surface area contributed by atoms with E-state index in [-0.39, 0.29) is 18.7 Å². The summed E-state index contributed by atoms with van der Waals surface area (Å²) in [5.41, 5.74) is 0.884. The van der Waals surface area contributed by atoms with Crippen LogP contribution >= 0.6 is 11.3 Å². The van der Waals surface area contributed by atoms with Crippen molar-refractivity contribution in [2.75, 3.05) is 0 Å². The molecule has 2 heterocycles. The van der Waals surface area contributed by atoms with Crippen LogP contribution in [0.5, 0.6) is 0 Å². The molecule has 0 aliphatic carbocycles. The summed E-state index contributed by atoms with van der Waals surface area (Å²) in [7, 11) is 0. The standard InChI is InChI=1S/C17H21N3O3S/c1-3-17(4-2,9-15(22)23)20-14(21)8-13-11-24-16(19-13)12-6-5-7-18-10-12/h5-7,10-11H,3-4,8-9H2,1-2H3,(H,20,21)(H,22,23). The molecule has 0 aliphatic rings. The summed E-state index contributed by atoms with van der Waals surface area (Å²) in [4.78, 5) is 31.9. The molecule has 0 atom stereocenters. The number of amides is 1. The second-order valence-corrected chi connectivity index (χ2v) is 6.53. The van der Waals surface area contributed by atoms with Crippen LogP contribution in [0.15, 0.2) is 29.9 Å². The number of pyridine rings is 1. The van der Waals surface area contributed by atoms with Gasteiger partial charge >= 0.3 is 5.97 Å². The molecule has 7 heteroatoms. The number of aliphatic carboxylic acids is 1. The van der Waals surface area contributed by atoms with Gasteiger partial charge in [0, 0.05) is 28.9 Å². The lowest BCUT2D eigenvalue weighted by atomic mass is 9.88. The van der Waals surface area contributed by atoms with E-state index in [1.165, 1.54) is 11.3 Å². The third-order valence-corrected chi connectivity index (χ3v) is 4.99. The fraction of sp³-hybridized carbons (Fsp3) is 0.412. The molecular weight excluding hydrogens is 326 g/mol. The van der Waals surface area contributed by atoms with E-state index in [9.17, 15) is 9.59 Å². The lowest BCUT2D eigenvalue weighted by Crippen LogP contribution is -2.49. The normalized spacial score (nSPS) is 11.2. The molecule has 0 fully saturated rings. The van der Waals surface area contributed by atoms with Crippen LogP contribution in [-0.4, -0.2) is 32.5 Å². The second-order valence-electron chi connectivity index (χ2n) is 5.67. The molecule has 2 rings (SSSR count). The lowest BCUT2D eigenvalue weighted by Gasteiger charge is -2.31. The zero-order chi connectivity index (χ0) is 17.6. The first-order valence-corrected chi connectivity index (χ1v) is 8.73. The highest BCUT2D eigenvalue weighted by Gasteiger charge is 2.31. The molecular formula is C17H21N3O3S.